The minimum atomic E-state index is -4.14. The smallest absolute Gasteiger partial charge is 0.291 e. The third-order valence-corrected chi connectivity index (χ3v) is 1.96. The Morgan fingerprint density at radius 3 is 2.38 bits per heavy atom. The molecule has 2 nitrogen and oxygen atoms in total. The van der Waals surface area contributed by atoms with Crippen molar-refractivity contribution in [1.82, 2.24) is 4.90 Å². The average molecular weight is 192 g/mol. The van der Waals surface area contributed by atoms with E-state index in [2.05, 4.69) is 0 Å². The van der Waals surface area contributed by atoms with Crippen molar-refractivity contribution in [3.8, 4) is 6.07 Å². The van der Waals surface area contributed by atoms with Crippen molar-refractivity contribution >= 4 is 0 Å². The summed E-state index contributed by atoms with van der Waals surface area (Å²) in [6.07, 6.45) is -2.30. The number of hydrogen-bond donors (Lipinski definition) is 0. The SMILES string of the molecule is N#CCCN(CC(F)(F)F)C1CC1. The summed E-state index contributed by atoms with van der Waals surface area (Å²) in [5.74, 6) is 0. The predicted molar refractivity (Wildman–Crippen MR) is 40.9 cm³/mol. The fourth-order valence-corrected chi connectivity index (χ4v) is 1.25. The van der Waals surface area contributed by atoms with E-state index in [1.165, 1.54) is 4.90 Å². The molecule has 0 spiro atoms. The van der Waals surface area contributed by atoms with E-state index in [9.17, 15) is 13.2 Å². The van der Waals surface area contributed by atoms with Gasteiger partial charge in [0.1, 0.15) is 0 Å². The Hall–Kier alpha value is -0.760. The monoisotopic (exact) mass is 192 g/mol. The number of rotatable bonds is 4. The summed E-state index contributed by atoms with van der Waals surface area (Å²) in [6, 6.07) is 1.92. The van der Waals surface area contributed by atoms with E-state index >= 15 is 0 Å². The van der Waals surface area contributed by atoms with Crippen LogP contribution in [0.3, 0.4) is 0 Å². The molecule has 0 radical (unpaired) electrons. The molecule has 0 unspecified atom stereocenters. The standard InChI is InChI=1S/C8H11F3N2/c9-8(10,11)6-13(5-1-4-12)7-2-3-7/h7H,1-3,5-6H2. The van der Waals surface area contributed by atoms with Crippen LogP contribution in [0.1, 0.15) is 19.3 Å². The number of hydrogen-bond acceptors (Lipinski definition) is 2. The predicted octanol–water partition coefficient (Wildman–Crippen LogP) is 1.93. The molecule has 0 atom stereocenters. The summed E-state index contributed by atoms with van der Waals surface area (Å²) in [6.45, 7) is -0.639. The zero-order valence-electron chi connectivity index (χ0n) is 7.14. The lowest BCUT2D eigenvalue weighted by atomic mass is 10.3. The topological polar surface area (TPSA) is 27.0 Å². The van der Waals surface area contributed by atoms with E-state index in [1.807, 2.05) is 6.07 Å². The highest BCUT2D eigenvalue weighted by Crippen LogP contribution is 2.29. The minimum absolute atomic E-state index is 0.0648. The van der Waals surface area contributed by atoms with E-state index in [4.69, 9.17) is 5.26 Å². The zero-order chi connectivity index (χ0) is 9.90. The molecule has 0 bridgehead atoms. The molecule has 74 valence electrons. The Labute approximate surface area is 74.9 Å². The molecule has 0 aromatic rings. The summed E-state index contributed by atoms with van der Waals surface area (Å²) >= 11 is 0. The third kappa shape index (κ3) is 4.13. The zero-order valence-corrected chi connectivity index (χ0v) is 7.14. The van der Waals surface area contributed by atoms with E-state index in [0.29, 0.717) is 0 Å². The van der Waals surface area contributed by atoms with Gasteiger partial charge in [0.05, 0.1) is 12.6 Å². The van der Waals surface area contributed by atoms with Gasteiger partial charge in [0.2, 0.25) is 0 Å². The average Bonchev–Trinajstić information content (AvgIpc) is 2.77. The second-order valence-corrected chi connectivity index (χ2v) is 3.22. The van der Waals surface area contributed by atoms with Crippen molar-refractivity contribution in [2.75, 3.05) is 13.1 Å². The molecule has 13 heavy (non-hydrogen) atoms. The van der Waals surface area contributed by atoms with Crippen molar-refractivity contribution in [2.45, 2.75) is 31.5 Å². The first-order valence-corrected chi connectivity index (χ1v) is 4.20. The second-order valence-electron chi connectivity index (χ2n) is 3.22. The largest absolute Gasteiger partial charge is 0.401 e. The number of alkyl halides is 3. The molecule has 0 saturated heterocycles. The molecular formula is C8H11F3N2. The molecule has 0 heterocycles. The van der Waals surface area contributed by atoms with Gasteiger partial charge in [-0.3, -0.25) is 4.90 Å². The van der Waals surface area contributed by atoms with Crippen molar-refractivity contribution in [2.24, 2.45) is 0 Å². The van der Waals surface area contributed by atoms with Crippen molar-refractivity contribution in [1.29, 1.82) is 5.26 Å². The van der Waals surface area contributed by atoms with Gasteiger partial charge >= 0.3 is 6.18 Å². The normalized spacial score (nSPS) is 17.5. The summed E-state index contributed by atoms with van der Waals surface area (Å²) < 4.78 is 36.0. The third-order valence-electron chi connectivity index (χ3n) is 1.96. The molecular weight excluding hydrogens is 181 g/mol. The molecule has 1 aliphatic carbocycles. The van der Waals surface area contributed by atoms with Crippen LogP contribution in [0.4, 0.5) is 13.2 Å². The lowest BCUT2D eigenvalue weighted by molar-refractivity contribution is -0.147. The Bertz CT molecular complexity index is 202. The summed E-state index contributed by atoms with van der Waals surface area (Å²) in [5.41, 5.74) is 0. The van der Waals surface area contributed by atoms with E-state index < -0.39 is 12.7 Å². The van der Waals surface area contributed by atoms with Crippen LogP contribution < -0.4 is 0 Å². The van der Waals surface area contributed by atoms with Gasteiger partial charge in [-0.15, -0.1) is 0 Å². The highest BCUT2D eigenvalue weighted by molar-refractivity contribution is 4.87. The maximum atomic E-state index is 12.0. The van der Waals surface area contributed by atoms with E-state index in [1.54, 1.807) is 0 Å². The second kappa shape index (κ2) is 3.97. The molecule has 0 aromatic heterocycles. The summed E-state index contributed by atoms with van der Waals surface area (Å²) in [5, 5.41) is 8.26. The van der Waals surface area contributed by atoms with Crippen LogP contribution in [-0.2, 0) is 0 Å². The van der Waals surface area contributed by atoms with Crippen molar-refractivity contribution in [3.05, 3.63) is 0 Å². The first kappa shape index (κ1) is 10.3. The first-order valence-electron chi connectivity index (χ1n) is 4.20. The van der Waals surface area contributed by atoms with Crippen LogP contribution in [0.2, 0.25) is 0 Å². The van der Waals surface area contributed by atoms with Crippen LogP contribution in [0, 0.1) is 11.3 Å². The van der Waals surface area contributed by atoms with Gasteiger partial charge in [-0.05, 0) is 12.8 Å². The van der Waals surface area contributed by atoms with Gasteiger partial charge in [-0.2, -0.15) is 18.4 Å². The van der Waals surface area contributed by atoms with Gasteiger partial charge in [0.15, 0.2) is 0 Å². The van der Waals surface area contributed by atoms with Crippen LogP contribution >= 0.6 is 0 Å². The Kier molecular flexibility index (Phi) is 3.15. The molecule has 1 saturated carbocycles. The Morgan fingerprint density at radius 2 is 2.00 bits per heavy atom. The Morgan fingerprint density at radius 1 is 1.38 bits per heavy atom. The van der Waals surface area contributed by atoms with Crippen molar-refractivity contribution in [3.63, 3.8) is 0 Å². The molecule has 0 N–H and O–H groups in total. The fourth-order valence-electron chi connectivity index (χ4n) is 1.25. The fraction of sp³-hybridized carbons (Fsp3) is 0.875. The van der Waals surface area contributed by atoms with Gasteiger partial charge in [0, 0.05) is 19.0 Å². The number of halogens is 3. The molecule has 0 aromatic carbocycles. The number of nitrogens with zero attached hydrogens (tertiary/aromatic N) is 2. The van der Waals surface area contributed by atoms with Gasteiger partial charge in [0.25, 0.3) is 0 Å². The number of nitriles is 1. The van der Waals surface area contributed by atoms with Crippen LogP contribution in [-0.4, -0.2) is 30.2 Å². The molecule has 5 heteroatoms. The highest BCUT2D eigenvalue weighted by Gasteiger charge is 2.37. The van der Waals surface area contributed by atoms with Gasteiger partial charge < -0.3 is 0 Å². The maximum absolute atomic E-state index is 12.0. The van der Waals surface area contributed by atoms with Gasteiger partial charge in [-0.1, -0.05) is 0 Å². The summed E-state index contributed by atoms with van der Waals surface area (Å²) in [4.78, 5) is 1.35. The van der Waals surface area contributed by atoms with Gasteiger partial charge in [-0.25, -0.2) is 0 Å². The van der Waals surface area contributed by atoms with Crippen LogP contribution in [0.25, 0.3) is 0 Å². The van der Waals surface area contributed by atoms with E-state index in [0.717, 1.165) is 12.8 Å². The Balaban J connectivity index is 2.34. The summed E-state index contributed by atoms with van der Waals surface area (Å²) in [7, 11) is 0. The minimum Gasteiger partial charge on any atom is -0.291 e. The molecule has 0 amide bonds. The first-order chi connectivity index (χ1) is 6.03. The van der Waals surface area contributed by atoms with Crippen LogP contribution in [0.5, 0.6) is 0 Å². The molecule has 0 aliphatic heterocycles. The van der Waals surface area contributed by atoms with Crippen LogP contribution in [0.15, 0.2) is 0 Å². The van der Waals surface area contributed by atoms with E-state index in [-0.39, 0.29) is 19.0 Å². The lowest BCUT2D eigenvalue weighted by Gasteiger charge is -2.21. The molecule has 1 aliphatic rings. The highest BCUT2D eigenvalue weighted by atomic mass is 19.4. The van der Waals surface area contributed by atoms with Crippen molar-refractivity contribution < 1.29 is 13.2 Å². The maximum Gasteiger partial charge on any atom is 0.401 e. The quantitative estimate of drug-likeness (QED) is 0.680. The lowest BCUT2D eigenvalue weighted by Crippen LogP contribution is -2.36. The molecule has 1 rings (SSSR count). The molecule has 1 fully saturated rings.